The zero-order chi connectivity index (χ0) is 21.7. The van der Waals surface area contributed by atoms with Gasteiger partial charge in [0.15, 0.2) is 0 Å². The van der Waals surface area contributed by atoms with Gasteiger partial charge in [-0.05, 0) is 51.5 Å². The molecule has 6 atom stereocenters. The number of hydrogen-bond acceptors (Lipinski definition) is 7. The molecule has 1 amide bonds. The van der Waals surface area contributed by atoms with Crippen molar-refractivity contribution in [2.24, 2.45) is 5.92 Å². The van der Waals surface area contributed by atoms with Crippen LogP contribution in [0.3, 0.4) is 0 Å². The number of carbonyl (C=O) groups is 1. The number of halogens is 3. The summed E-state index contributed by atoms with van der Waals surface area (Å²) in [5.41, 5.74) is 6.54. The number of nitrogens with one attached hydrogen (secondary N) is 4. The van der Waals surface area contributed by atoms with Crippen molar-refractivity contribution >= 4 is 17.7 Å². The van der Waals surface area contributed by atoms with Gasteiger partial charge < -0.3 is 10.1 Å². The fraction of sp³-hybridized carbons (Fsp3) is 0.947. The Morgan fingerprint density at radius 1 is 1.27 bits per heavy atom. The molecule has 6 unspecified atom stereocenters. The monoisotopic (exact) mass is 453 g/mol. The highest BCUT2D eigenvalue weighted by atomic mass is 32.2. The molecule has 0 bridgehead atoms. The summed E-state index contributed by atoms with van der Waals surface area (Å²) in [6, 6.07) is -2.36. The van der Waals surface area contributed by atoms with Gasteiger partial charge in [0.25, 0.3) is 0 Å². The molecule has 0 radical (unpaired) electrons. The number of hydrogen-bond donors (Lipinski definition) is 4. The predicted molar refractivity (Wildman–Crippen MR) is 110 cm³/mol. The van der Waals surface area contributed by atoms with Crippen LogP contribution in [0.4, 0.5) is 13.2 Å². The van der Waals surface area contributed by atoms with E-state index in [4.69, 9.17) is 4.74 Å². The summed E-state index contributed by atoms with van der Waals surface area (Å²) < 4.78 is 44.5. The molecule has 11 heteroatoms. The van der Waals surface area contributed by atoms with Gasteiger partial charge in [0.1, 0.15) is 11.5 Å². The summed E-state index contributed by atoms with van der Waals surface area (Å²) in [5.74, 6) is 0.0824. The standard InChI is InChI=1S/C19H34F3N5O2S/c1-27-11-23-26-18(27)30-15(10-29-2)12-5-3-6-13(9-12)24-17(28)14-7-4-8-16(25-14)19(20,21)22/h12-16,18,23,25-26H,3-11H2,1-2H3,(H,24,28). The number of alkyl halides is 3. The van der Waals surface area contributed by atoms with Crippen LogP contribution in [-0.2, 0) is 9.53 Å². The van der Waals surface area contributed by atoms with Crippen molar-refractivity contribution in [1.82, 2.24) is 26.4 Å². The van der Waals surface area contributed by atoms with Crippen LogP contribution in [0.25, 0.3) is 0 Å². The third kappa shape index (κ3) is 6.46. The van der Waals surface area contributed by atoms with Crippen molar-refractivity contribution in [3.63, 3.8) is 0 Å². The molecule has 1 aliphatic carbocycles. The second kappa shape index (κ2) is 10.8. The molecular weight excluding hydrogens is 419 g/mol. The van der Waals surface area contributed by atoms with E-state index < -0.39 is 18.3 Å². The molecule has 2 saturated heterocycles. The number of thioether (sulfide) groups is 1. The summed E-state index contributed by atoms with van der Waals surface area (Å²) in [6.45, 7) is 1.40. The molecule has 3 aliphatic rings. The highest BCUT2D eigenvalue weighted by Gasteiger charge is 2.43. The Bertz CT molecular complexity index is 571. The van der Waals surface area contributed by atoms with Gasteiger partial charge in [0, 0.05) is 18.4 Å². The van der Waals surface area contributed by atoms with Gasteiger partial charge in [0.2, 0.25) is 5.91 Å². The quantitative estimate of drug-likeness (QED) is 0.468. The van der Waals surface area contributed by atoms with Crippen molar-refractivity contribution < 1.29 is 22.7 Å². The molecular formula is C19H34F3N5O2S. The smallest absolute Gasteiger partial charge is 0.384 e. The Morgan fingerprint density at radius 3 is 2.70 bits per heavy atom. The van der Waals surface area contributed by atoms with Crippen LogP contribution in [0.1, 0.15) is 44.9 Å². The molecule has 0 aromatic heterocycles. The Labute approximate surface area is 180 Å². The topological polar surface area (TPSA) is 77.7 Å². The highest BCUT2D eigenvalue weighted by molar-refractivity contribution is 8.00. The van der Waals surface area contributed by atoms with E-state index in [9.17, 15) is 18.0 Å². The van der Waals surface area contributed by atoms with E-state index >= 15 is 0 Å². The van der Waals surface area contributed by atoms with Crippen molar-refractivity contribution in [2.75, 3.05) is 27.4 Å². The van der Waals surface area contributed by atoms with Crippen molar-refractivity contribution in [3.05, 3.63) is 0 Å². The maximum Gasteiger partial charge on any atom is 0.403 e. The van der Waals surface area contributed by atoms with Crippen LogP contribution in [0.2, 0.25) is 0 Å². The summed E-state index contributed by atoms with van der Waals surface area (Å²) in [7, 11) is 3.75. The number of nitrogens with zero attached hydrogens (tertiary/aromatic N) is 1. The molecule has 2 heterocycles. The Morgan fingerprint density at radius 2 is 2.03 bits per heavy atom. The van der Waals surface area contributed by atoms with Crippen molar-refractivity contribution in [3.8, 4) is 0 Å². The highest BCUT2D eigenvalue weighted by Crippen LogP contribution is 2.35. The SMILES string of the molecule is COCC(SC1NNCN1C)C1CCCC(NC(=O)C2CCCC(C(F)(F)F)N2)C1. The average molecular weight is 454 g/mol. The first-order chi connectivity index (χ1) is 14.3. The van der Waals surface area contributed by atoms with Crippen molar-refractivity contribution in [1.29, 1.82) is 0 Å². The Balaban J connectivity index is 1.53. The normalized spacial score (nSPS) is 34.6. The van der Waals surface area contributed by atoms with E-state index in [1.54, 1.807) is 7.11 Å². The Hall–Kier alpha value is -0.590. The molecule has 3 rings (SSSR count). The second-order valence-electron chi connectivity index (χ2n) is 8.60. The Kier molecular flexibility index (Phi) is 8.68. The van der Waals surface area contributed by atoms with Crippen LogP contribution in [0.15, 0.2) is 0 Å². The second-order valence-corrected chi connectivity index (χ2v) is 9.92. The average Bonchev–Trinajstić information content (AvgIpc) is 3.12. The van der Waals surface area contributed by atoms with Crippen LogP contribution in [-0.4, -0.2) is 73.3 Å². The number of carbonyl (C=O) groups excluding carboxylic acids is 1. The molecule has 7 nitrogen and oxygen atoms in total. The lowest BCUT2D eigenvalue weighted by Crippen LogP contribution is -2.57. The summed E-state index contributed by atoms with van der Waals surface area (Å²) in [4.78, 5) is 14.8. The maximum absolute atomic E-state index is 13.0. The fourth-order valence-electron chi connectivity index (χ4n) is 4.60. The number of hydrazine groups is 1. The number of piperidine rings is 1. The zero-order valence-electron chi connectivity index (χ0n) is 17.6. The first-order valence-electron chi connectivity index (χ1n) is 10.7. The van der Waals surface area contributed by atoms with Gasteiger partial charge >= 0.3 is 6.18 Å². The summed E-state index contributed by atoms with van der Waals surface area (Å²) in [6.07, 6.45) is 0.329. The van der Waals surface area contributed by atoms with Gasteiger partial charge in [-0.25, -0.2) is 10.9 Å². The third-order valence-electron chi connectivity index (χ3n) is 6.28. The van der Waals surface area contributed by atoms with Crippen molar-refractivity contribution in [2.45, 2.75) is 80.0 Å². The van der Waals surface area contributed by atoms with E-state index in [0.717, 1.165) is 32.4 Å². The number of methoxy groups -OCH3 is 1. The largest absolute Gasteiger partial charge is 0.403 e. The van der Waals surface area contributed by atoms with Crippen LogP contribution >= 0.6 is 11.8 Å². The fourth-order valence-corrected chi connectivity index (χ4v) is 6.05. The first-order valence-corrected chi connectivity index (χ1v) is 11.7. The molecule has 0 spiro atoms. The summed E-state index contributed by atoms with van der Waals surface area (Å²) in [5, 5.41) is 5.82. The molecule has 30 heavy (non-hydrogen) atoms. The van der Waals surface area contributed by atoms with Crippen LogP contribution in [0, 0.1) is 5.92 Å². The zero-order valence-corrected chi connectivity index (χ0v) is 18.5. The molecule has 4 N–H and O–H groups in total. The van der Waals surface area contributed by atoms with Crippen LogP contribution in [0.5, 0.6) is 0 Å². The van der Waals surface area contributed by atoms with E-state index in [1.165, 1.54) is 0 Å². The molecule has 1 saturated carbocycles. The van der Waals surface area contributed by atoms with E-state index in [0.29, 0.717) is 25.4 Å². The number of amides is 1. The lowest BCUT2D eigenvalue weighted by molar-refractivity contribution is -0.164. The van der Waals surface area contributed by atoms with E-state index in [2.05, 4.69) is 26.4 Å². The maximum atomic E-state index is 13.0. The molecule has 0 aromatic carbocycles. The minimum Gasteiger partial charge on any atom is -0.384 e. The van der Waals surface area contributed by atoms with Gasteiger partial charge in [-0.15, -0.1) is 11.8 Å². The van der Waals surface area contributed by atoms with Crippen LogP contribution < -0.4 is 21.5 Å². The molecule has 2 aliphatic heterocycles. The minimum atomic E-state index is -4.31. The van der Waals surface area contributed by atoms with Gasteiger partial charge in [-0.1, -0.05) is 6.42 Å². The third-order valence-corrected chi connectivity index (χ3v) is 7.88. The molecule has 0 aromatic rings. The van der Waals surface area contributed by atoms with E-state index in [1.807, 2.05) is 18.8 Å². The molecule has 3 fully saturated rings. The van der Waals surface area contributed by atoms with Gasteiger partial charge in [0.05, 0.1) is 19.3 Å². The van der Waals surface area contributed by atoms with Gasteiger partial charge in [-0.2, -0.15) is 13.2 Å². The summed E-state index contributed by atoms with van der Waals surface area (Å²) >= 11 is 1.82. The number of rotatable bonds is 7. The van der Waals surface area contributed by atoms with Gasteiger partial charge in [-0.3, -0.25) is 15.0 Å². The lowest BCUT2D eigenvalue weighted by Gasteiger charge is -2.37. The first kappa shape index (κ1) is 24.1. The predicted octanol–water partition coefficient (Wildman–Crippen LogP) is 1.76. The van der Waals surface area contributed by atoms with E-state index in [-0.39, 0.29) is 29.1 Å². The minimum absolute atomic E-state index is 0.00309. The molecule has 174 valence electrons. The number of ether oxygens (including phenoxy) is 1. The lowest BCUT2D eigenvalue weighted by atomic mass is 9.83.